The Kier molecular flexibility index (Phi) is 12.8. The average molecular weight is 618 g/mol. The van der Waals surface area contributed by atoms with Crippen molar-refractivity contribution in [3.8, 4) is 0 Å². The molecule has 3 aromatic rings. The van der Waals surface area contributed by atoms with E-state index in [1.165, 1.54) is 0 Å². The molecule has 236 valence electrons. The van der Waals surface area contributed by atoms with Gasteiger partial charge < -0.3 is 32.7 Å². The summed E-state index contributed by atoms with van der Waals surface area (Å²) in [4.78, 5) is 59.9. The van der Waals surface area contributed by atoms with E-state index in [2.05, 4.69) is 26.4 Å². The Labute approximate surface area is 259 Å². The van der Waals surface area contributed by atoms with Crippen molar-refractivity contribution in [3.63, 3.8) is 0 Å². The summed E-state index contributed by atoms with van der Waals surface area (Å²) >= 11 is 0. The van der Waals surface area contributed by atoms with Gasteiger partial charge in [0.25, 0.3) is 5.96 Å². The lowest BCUT2D eigenvalue weighted by Gasteiger charge is -2.23. The van der Waals surface area contributed by atoms with E-state index >= 15 is 0 Å². The molecule has 0 heterocycles. The maximum atomic E-state index is 13.7. The monoisotopic (exact) mass is 617 g/mol. The van der Waals surface area contributed by atoms with Crippen molar-refractivity contribution in [2.24, 2.45) is 16.6 Å². The summed E-state index contributed by atoms with van der Waals surface area (Å²) in [5.41, 5.74) is 13.4. The second-order valence-corrected chi connectivity index (χ2v) is 9.81. The van der Waals surface area contributed by atoms with Crippen molar-refractivity contribution in [2.75, 3.05) is 6.54 Å². The number of carbonyl (C=O) groups is 4. The van der Waals surface area contributed by atoms with Gasteiger partial charge in [0, 0.05) is 19.6 Å². The number of nitrogens with two attached hydrogens (primary N) is 2. The zero-order valence-electron chi connectivity index (χ0n) is 24.3. The van der Waals surface area contributed by atoms with Crippen molar-refractivity contribution < 1.29 is 24.2 Å². The molecule has 0 aliphatic rings. The maximum absolute atomic E-state index is 13.7. The third kappa shape index (κ3) is 11.7. The standard InChI is InChI=1S/C30H35N9O6/c31-28(38-39(44)45)33-17-7-12-24(36-27(41)25(22-8-3-1-4-9-22)23-10-5-2-6-11-23)26(40)34-18-20-13-15-21(16-14-20)19-35-30(43)37-29(32)42/h1-6,8-11,13-16,24-25H,7,12,17-19H2,(H,34,40)(H,36,41)(H3,31,33,38)(H4,32,35,37,42,43)/t24-/m1/s1. The van der Waals surface area contributed by atoms with E-state index in [-0.39, 0.29) is 37.9 Å². The van der Waals surface area contributed by atoms with E-state index in [1.54, 1.807) is 24.3 Å². The van der Waals surface area contributed by atoms with Crippen LogP contribution in [0.25, 0.3) is 0 Å². The number of rotatable bonds is 14. The summed E-state index contributed by atoms with van der Waals surface area (Å²) in [7, 11) is 0. The van der Waals surface area contributed by atoms with Gasteiger partial charge >= 0.3 is 12.1 Å². The van der Waals surface area contributed by atoms with Gasteiger partial charge in [0.15, 0.2) is 5.03 Å². The number of nitrogens with one attached hydrogen (secondary N) is 5. The van der Waals surface area contributed by atoms with Gasteiger partial charge in [-0.05, 0) is 35.1 Å². The predicted octanol–water partition coefficient (Wildman–Crippen LogP) is 1.37. The largest absolute Gasteiger partial charge is 0.365 e. The molecule has 0 saturated heterocycles. The SMILES string of the molecule is NC(=O)NC(=O)NCc1ccc(CNC(=O)[C@@H](CCCNC(N)=N[N+](=O)[O-])NC(=O)C(c2ccccc2)c2ccccc2)cc1. The van der Waals surface area contributed by atoms with Crippen LogP contribution in [0.4, 0.5) is 9.59 Å². The number of nitrogens with zero attached hydrogens (tertiary/aromatic N) is 2. The van der Waals surface area contributed by atoms with Crippen molar-refractivity contribution in [3.05, 3.63) is 117 Å². The van der Waals surface area contributed by atoms with Crippen LogP contribution < -0.4 is 38.1 Å². The zero-order chi connectivity index (χ0) is 32.6. The van der Waals surface area contributed by atoms with Gasteiger partial charge in [0.05, 0.1) is 5.92 Å². The second-order valence-electron chi connectivity index (χ2n) is 9.81. The molecule has 0 unspecified atom stereocenters. The summed E-state index contributed by atoms with van der Waals surface area (Å²) in [5, 5.41) is 25.3. The molecule has 0 spiro atoms. The van der Waals surface area contributed by atoms with Crippen LogP contribution >= 0.6 is 0 Å². The molecule has 0 aromatic heterocycles. The Balaban J connectivity index is 1.69. The fourth-order valence-corrected chi connectivity index (χ4v) is 4.38. The Morgan fingerprint density at radius 1 is 0.756 bits per heavy atom. The number of guanidine groups is 1. The fourth-order valence-electron chi connectivity index (χ4n) is 4.38. The highest BCUT2D eigenvalue weighted by Gasteiger charge is 2.27. The van der Waals surface area contributed by atoms with Crippen molar-refractivity contribution in [2.45, 2.75) is 37.9 Å². The number of hydrogen-bond donors (Lipinski definition) is 7. The highest BCUT2D eigenvalue weighted by molar-refractivity contribution is 5.93. The minimum atomic E-state index is -0.965. The van der Waals surface area contributed by atoms with E-state index in [0.717, 1.165) is 22.3 Å². The van der Waals surface area contributed by atoms with Crippen LogP contribution in [0.15, 0.2) is 90.0 Å². The molecule has 0 aliphatic carbocycles. The summed E-state index contributed by atoms with van der Waals surface area (Å²) in [5.74, 6) is -1.84. The maximum Gasteiger partial charge on any atom is 0.323 e. The van der Waals surface area contributed by atoms with E-state index in [0.29, 0.717) is 6.42 Å². The fraction of sp³-hybridized carbons (Fsp3) is 0.233. The summed E-state index contributed by atoms with van der Waals surface area (Å²) in [6.45, 7) is 0.480. The minimum Gasteiger partial charge on any atom is -0.365 e. The zero-order valence-corrected chi connectivity index (χ0v) is 24.3. The molecule has 3 rings (SSSR count). The van der Waals surface area contributed by atoms with Gasteiger partial charge in [0.2, 0.25) is 11.8 Å². The van der Waals surface area contributed by atoms with Gasteiger partial charge in [-0.1, -0.05) is 84.9 Å². The van der Waals surface area contributed by atoms with Crippen LogP contribution in [0, 0.1) is 10.1 Å². The molecule has 45 heavy (non-hydrogen) atoms. The first-order valence-electron chi connectivity index (χ1n) is 13.9. The number of hydrazone groups is 1. The number of benzene rings is 3. The first-order valence-corrected chi connectivity index (χ1v) is 13.9. The Bertz CT molecular complexity index is 1450. The third-order valence-electron chi connectivity index (χ3n) is 6.51. The van der Waals surface area contributed by atoms with Crippen molar-refractivity contribution in [1.29, 1.82) is 0 Å². The van der Waals surface area contributed by atoms with Gasteiger partial charge in [0.1, 0.15) is 11.1 Å². The average Bonchev–Trinajstić information content (AvgIpc) is 3.01. The molecule has 0 saturated carbocycles. The normalized spacial score (nSPS) is 11.6. The molecular weight excluding hydrogens is 582 g/mol. The minimum absolute atomic E-state index is 0.148. The number of amides is 6. The topological polar surface area (TPSA) is 236 Å². The molecule has 0 fully saturated rings. The lowest BCUT2D eigenvalue weighted by molar-refractivity contribution is -0.485. The van der Waals surface area contributed by atoms with Gasteiger partial charge in [-0.15, -0.1) is 0 Å². The Hall–Kier alpha value is -5.99. The molecule has 0 aliphatic heterocycles. The van der Waals surface area contributed by atoms with Crippen LogP contribution in [0.1, 0.15) is 41.0 Å². The number of imide groups is 1. The van der Waals surface area contributed by atoms with Crippen molar-refractivity contribution in [1.82, 2.24) is 26.6 Å². The first-order chi connectivity index (χ1) is 21.6. The van der Waals surface area contributed by atoms with Gasteiger partial charge in [-0.2, -0.15) is 0 Å². The molecular formula is C30H35N9O6. The van der Waals surface area contributed by atoms with Crippen LogP contribution in [-0.4, -0.2) is 47.5 Å². The van der Waals surface area contributed by atoms with Crippen LogP contribution in [0.5, 0.6) is 0 Å². The number of urea groups is 2. The molecule has 9 N–H and O–H groups in total. The highest BCUT2D eigenvalue weighted by Crippen LogP contribution is 2.25. The van der Waals surface area contributed by atoms with E-state index < -0.39 is 35.0 Å². The van der Waals surface area contributed by atoms with Crippen molar-refractivity contribution >= 4 is 29.8 Å². The van der Waals surface area contributed by atoms with Gasteiger partial charge in [-0.3, -0.25) is 14.9 Å². The van der Waals surface area contributed by atoms with E-state index in [4.69, 9.17) is 11.5 Å². The number of hydrogen-bond acceptors (Lipinski definition) is 6. The summed E-state index contributed by atoms with van der Waals surface area (Å²) in [6.07, 6.45) is 0.531. The summed E-state index contributed by atoms with van der Waals surface area (Å²) in [6, 6.07) is 22.8. The number of primary amides is 1. The van der Waals surface area contributed by atoms with E-state index in [1.807, 2.05) is 66.0 Å². The third-order valence-corrected chi connectivity index (χ3v) is 6.51. The quantitative estimate of drug-likeness (QED) is 0.0457. The number of nitro groups is 1. The molecule has 6 amide bonds. The molecule has 15 nitrogen and oxygen atoms in total. The highest BCUT2D eigenvalue weighted by atomic mass is 16.7. The van der Waals surface area contributed by atoms with Crippen LogP contribution in [0.3, 0.4) is 0 Å². The lowest BCUT2D eigenvalue weighted by Crippen LogP contribution is -2.48. The predicted molar refractivity (Wildman–Crippen MR) is 166 cm³/mol. The molecule has 1 atom stereocenters. The smallest absolute Gasteiger partial charge is 0.323 e. The molecule has 3 aromatic carbocycles. The van der Waals surface area contributed by atoms with E-state index in [9.17, 15) is 29.3 Å². The number of carbonyl (C=O) groups excluding carboxylic acids is 4. The summed E-state index contributed by atoms with van der Waals surface area (Å²) < 4.78 is 0. The second kappa shape index (κ2) is 17.2. The lowest BCUT2D eigenvalue weighted by atomic mass is 9.90. The Morgan fingerprint density at radius 3 is 1.80 bits per heavy atom. The Morgan fingerprint density at radius 2 is 1.29 bits per heavy atom. The van der Waals surface area contributed by atoms with Crippen LogP contribution in [0.2, 0.25) is 0 Å². The molecule has 0 radical (unpaired) electrons. The molecule has 15 heteroatoms. The van der Waals surface area contributed by atoms with Crippen LogP contribution in [-0.2, 0) is 22.7 Å². The molecule has 0 bridgehead atoms. The van der Waals surface area contributed by atoms with Gasteiger partial charge in [-0.25, -0.2) is 19.7 Å². The first kappa shape index (κ1) is 33.5.